The molecule has 2 aromatic rings. The second kappa shape index (κ2) is 3.26. The molecule has 0 spiro atoms. The monoisotopic (exact) mass is 222 g/mol. The molecule has 1 heterocycles. The molecule has 1 aromatic heterocycles. The summed E-state index contributed by atoms with van der Waals surface area (Å²) in [6, 6.07) is 8.43. The van der Waals surface area contributed by atoms with Gasteiger partial charge in [0.1, 0.15) is 0 Å². The topological polar surface area (TPSA) is 12.9 Å². The number of hydrogen-bond acceptors (Lipinski definition) is 1. The fourth-order valence-corrected chi connectivity index (χ4v) is 2.10. The number of aryl methyl sites for hydroxylation is 1. The summed E-state index contributed by atoms with van der Waals surface area (Å²) in [5.74, 6) is 0. The van der Waals surface area contributed by atoms with Crippen molar-refractivity contribution in [1.82, 2.24) is 4.98 Å². The van der Waals surface area contributed by atoms with E-state index in [0.717, 1.165) is 5.69 Å². The van der Waals surface area contributed by atoms with Gasteiger partial charge < -0.3 is 0 Å². The Labute approximate surface area is 77.8 Å². The van der Waals surface area contributed by atoms with Gasteiger partial charge in [-0.3, -0.25) is 0 Å². The van der Waals surface area contributed by atoms with Gasteiger partial charge >= 0.3 is 77.5 Å². The molecule has 0 unspecified atom stereocenters. The molecule has 2 heteroatoms. The molecule has 59 valence electrons. The summed E-state index contributed by atoms with van der Waals surface area (Å²) in [5, 5.41) is 2.98. The summed E-state index contributed by atoms with van der Waals surface area (Å²) in [6.07, 6.45) is 0. The molecule has 0 N–H and O–H groups in total. The predicted molar refractivity (Wildman–Crippen MR) is 50.2 cm³/mol. The molecule has 0 fully saturated rings. The van der Waals surface area contributed by atoms with Crippen molar-refractivity contribution in [3.05, 3.63) is 39.8 Å². The molecule has 0 aliphatic rings. The van der Waals surface area contributed by atoms with Gasteiger partial charge in [0.2, 0.25) is 0 Å². The Balaban J connectivity index is 2.43. The van der Waals surface area contributed by atoms with Crippen LogP contribution in [0.3, 0.4) is 0 Å². The average molecular weight is 221 g/mol. The van der Waals surface area contributed by atoms with Crippen LogP contribution in [0.25, 0.3) is 11.3 Å². The van der Waals surface area contributed by atoms with E-state index >= 15 is 0 Å². The van der Waals surface area contributed by atoms with Crippen molar-refractivity contribution in [1.29, 1.82) is 0 Å². The Bertz CT molecular complexity index is 348. The van der Waals surface area contributed by atoms with Crippen molar-refractivity contribution in [2.45, 2.75) is 6.92 Å². The van der Waals surface area contributed by atoms with E-state index in [-0.39, 0.29) is 0 Å². The quantitative estimate of drug-likeness (QED) is 0.670. The zero-order valence-corrected chi connectivity index (χ0v) is 8.46. The standard InChI is InChI=1S/C10H8NSe/c1-8-2-4-9(5-3-8)10-6-12-7-11-10/h2-6H,1H3. The van der Waals surface area contributed by atoms with Crippen LogP contribution in [0.1, 0.15) is 5.56 Å². The van der Waals surface area contributed by atoms with E-state index in [4.69, 9.17) is 0 Å². The first kappa shape index (κ1) is 7.78. The second-order valence-electron chi connectivity index (χ2n) is 2.69. The van der Waals surface area contributed by atoms with E-state index in [1.54, 1.807) is 0 Å². The molecule has 12 heavy (non-hydrogen) atoms. The van der Waals surface area contributed by atoms with Crippen molar-refractivity contribution in [3.63, 3.8) is 0 Å². The zero-order valence-electron chi connectivity index (χ0n) is 6.74. The number of nitrogens with zero attached hydrogens (tertiary/aromatic N) is 1. The van der Waals surface area contributed by atoms with Crippen molar-refractivity contribution >= 4 is 14.5 Å². The van der Waals surface area contributed by atoms with Crippen molar-refractivity contribution in [2.75, 3.05) is 0 Å². The molecular weight excluding hydrogens is 213 g/mol. The van der Waals surface area contributed by atoms with Crippen LogP contribution in [-0.4, -0.2) is 19.5 Å². The fourth-order valence-electron chi connectivity index (χ4n) is 1.04. The van der Waals surface area contributed by atoms with Crippen LogP contribution in [0.5, 0.6) is 0 Å². The molecule has 0 saturated heterocycles. The van der Waals surface area contributed by atoms with E-state index in [1.807, 2.05) is 0 Å². The van der Waals surface area contributed by atoms with E-state index in [0.29, 0.717) is 14.5 Å². The minimum absolute atomic E-state index is 0.361. The van der Waals surface area contributed by atoms with Crippen molar-refractivity contribution in [2.24, 2.45) is 0 Å². The molecule has 0 saturated carbocycles. The molecular formula is C10H8NSe. The summed E-state index contributed by atoms with van der Waals surface area (Å²) in [6.45, 7) is 2.09. The number of benzene rings is 1. The van der Waals surface area contributed by atoms with Crippen LogP contribution in [0, 0.1) is 12.0 Å². The van der Waals surface area contributed by atoms with Gasteiger partial charge in [0.25, 0.3) is 0 Å². The van der Waals surface area contributed by atoms with Gasteiger partial charge in [-0.05, 0) is 0 Å². The third kappa shape index (κ3) is 1.50. The number of rotatable bonds is 1. The Kier molecular flexibility index (Phi) is 2.11. The first-order valence-corrected chi connectivity index (χ1v) is 5.59. The van der Waals surface area contributed by atoms with Gasteiger partial charge in [-0.25, -0.2) is 0 Å². The van der Waals surface area contributed by atoms with Crippen LogP contribution >= 0.6 is 0 Å². The average Bonchev–Trinajstić information content (AvgIpc) is 2.58. The van der Waals surface area contributed by atoms with Gasteiger partial charge in [0, 0.05) is 0 Å². The van der Waals surface area contributed by atoms with Crippen LogP contribution in [0.15, 0.2) is 29.2 Å². The second-order valence-corrected chi connectivity index (χ2v) is 4.06. The van der Waals surface area contributed by atoms with Crippen molar-refractivity contribution in [3.8, 4) is 11.3 Å². The first-order chi connectivity index (χ1) is 5.86. The fraction of sp³-hybridized carbons (Fsp3) is 0.100. The minimum atomic E-state index is 0.361. The van der Waals surface area contributed by atoms with Crippen LogP contribution < -0.4 is 0 Å². The van der Waals surface area contributed by atoms with E-state index in [2.05, 4.69) is 46.2 Å². The predicted octanol–water partition coefficient (Wildman–Crippen LogP) is 1.91. The maximum absolute atomic E-state index is 4.17. The molecule has 0 aliphatic carbocycles. The molecule has 2 rings (SSSR count). The zero-order chi connectivity index (χ0) is 8.39. The molecule has 1 aromatic carbocycles. The third-order valence-corrected chi connectivity index (χ3v) is 2.87. The Hall–Kier alpha value is -0.851. The van der Waals surface area contributed by atoms with Crippen LogP contribution in [-0.2, 0) is 0 Å². The molecule has 0 aliphatic heterocycles. The maximum atomic E-state index is 4.17. The summed E-state index contributed by atoms with van der Waals surface area (Å²) in [7, 11) is 0. The molecule has 0 bridgehead atoms. The summed E-state index contributed by atoms with van der Waals surface area (Å²) in [4.78, 5) is 6.32. The SMILES string of the molecule is Cc1ccc(-c2c[se][c]n2)cc1. The summed E-state index contributed by atoms with van der Waals surface area (Å²) in [5.41, 5.74) is 3.57. The van der Waals surface area contributed by atoms with Gasteiger partial charge in [-0.15, -0.1) is 0 Å². The first-order valence-electron chi connectivity index (χ1n) is 3.75. The van der Waals surface area contributed by atoms with E-state index in [1.165, 1.54) is 11.1 Å². The van der Waals surface area contributed by atoms with E-state index < -0.39 is 0 Å². The Morgan fingerprint density at radius 2 is 2.00 bits per heavy atom. The van der Waals surface area contributed by atoms with Gasteiger partial charge in [-0.2, -0.15) is 0 Å². The Morgan fingerprint density at radius 3 is 2.58 bits per heavy atom. The van der Waals surface area contributed by atoms with Crippen molar-refractivity contribution < 1.29 is 0 Å². The molecule has 0 atom stereocenters. The van der Waals surface area contributed by atoms with Crippen LogP contribution in [0.4, 0.5) is 0 Å². The number of hydrogen-bond donors (Lipinski definition) is 0. The molecule has 1 radical (unpaired) electrons. The summed E-state index contributed by atoms with van der Waals surface area (Å²) < 4.78 is 0. The molecule has 0 amide bonds. The van der Waals surface area contributed by atoms with Crippen LogP contribution in [0.2, 0.25) is 0 Å². The normalized spacial score (nSPS) is 10.1. The van der Waals surface area contributed by atoms with Gasteiger partial charge in [0.15, 0.2) is 0 Å². The van der Waals surface area contributed by atoms with Gasteiger partial charge in [-0.1, -0.05) is 0 Å². The van der Waals surface area contributed by atoms with E-state index in [9.17, 15) is 0 Å². The number of aromatic nitrogens is 1. The third-order valence-electron chi connectivity index (χ3n) is 1.74. The van der Waals surface area contributed by atoms with Gasteiger partial charge in [0.05, 0.1) is 0 Å². The molecule has 1 nitrogen and oxygen atoms in total. The Morgan fingerprint density at radius 1 is 1.25 bits per heavy atom. The summed E-state index contributed by atoms with van der Waals surface area (Å²) >= 11 is 0.361.